The molecular weight excluding hydrogens is 551 g/mol. The van der Waals surface area contributed by atoms with Crippen LogP contribution in [-0.4, -0.2) is 33.7 Å². The summed E-state index contributed by atoms with van der Waals surface area (Å²) in [6, 6.07) is 2.05. The molecule has 7 nitrogen and oxygen atoms in total. The van der Waals surface area contributed by atoms with E-state index in [1.165, 1.54) is 28.2 Å². The molecule has 0 aliphatic rings. The smallest absolute Gasteiger partial charge is 0.0649 e. The fourth-order valence-electron chi connectivity index (χ4n) is 2.72. The maximum atomic E-state index is 4.23. The number of rotatable bonds is 4. The highest BCUT2D eigenvalue weighted by atomic mass is 32.1. The van der Waals surface area contributed by atoms with Crippen LogP contribution in [0.15, 0.2) is 48.6 Å². The number of aromatic nitrogens is 7. The third kappa shape index (κ3) is 24.4. The molecule has 0 aliphatic carbocycles. The van der Waals surface area contributed by atoms with Crippen LogP contribution in [0.1, 0.15) is 157 Å². The third-order valence-electron chi connectivity index (χ3n) is 5.23. The van der Waals surface area contributed by atoms with Crippen molar-refractivity contribution in [3.63, 3.8) is 0 Å². The highest BCUT2D eigenvalue weighted by Crippen LogP contribution is 2.14. The van der Waals surface area contributed by atoms with Gasteiger partial charge in [0.15, 0.2) is 0 Å². The highest BCUT2D eigenvalue weighted by molar-refractivity contribution is 7.03. The number of hydrogen-bond acceptors (Lipinski definition) is 5. The van der Waals surface area contributed by atoms with Gasteiger partial charge in [0.1, 0.15) is 0 Å². The Morgan fingerprint density at radius 2 is 0.930 bits per heavy atom. The Morgan fingerprint density at radius 3 is 1.07 bits per heavy atom. The summed E-state index contributed by atoms with van der Waals surface area (Å²) in [6.07, 6.45) is 11.8. The van der Waals surface area contributed by atoms with Gasteiger partial charge in [0, 0.05) is 51.3 Å². The lowest BCUT2D eigenvalue weighted by Crippen LogP contribution is -1.92. The maximum Gasteiger partial charge on any atom is 0.0649 e. The molecule has 0 bridgehead atoms. The summed E-state index contributed by atoms with van der Waals surface area (Å²) in [4.78, 5) is 0. The van der Waals surface area contributed by atoms with E-state index in [4.69, 9.17) is 0 Å². The van der Waals surface area contributed by atoms with Crippen LogP contribution >= 0.6 is 11.5 Å². The van der Waals surface area contributed by atoms with Crippen LogP contribution < -0.4 is 0 Å². The molecule has 0 atom stereocenters. The molecule has 43 heavy (non-hydrogen) atoms. The zero-order valence-electron chi connectivity index (χ0n) is 31.5. The molecule has 0 fully saturated rings. The van der Waals surface area contributed by atoms with Crippen LogP contribution in [0, 0.1) is 0 Å². The SMILES string of the molecule is CC.CC.CC.CC.CC(C)c1ccn(C)n1.CC(C)c1cnn(C)c1.CC(C)c1cnn(C)c1.CC(C)c1cnsc1. The van der Waals surface area contributed by atoms with E-state index in [-0.39, 0.29) is 0 Å². The van der Waals surface area contributed by atoms with Crippen molar-refractivity contribution in [1.82, 2.24) is 33.7 Å². The Morgan fingerprint density at radius 1 is 0.535 bits per heavy atom. The predicted octanol–water partition coefficient (Wildman–Crippen LogP) is 11.0. The normalized spacial score (nSPS) is 9.19. The average Bonchev–Trinajstić information content (AvgIpc) is 3.83. The molecule has 8 heteroatoms. The van der Waals surface area contributed by atoms with Gasteiger partial charge in [-0.3, -0.25) is 14.0 Å². The first-order valence-corrected chi connectivity index (χ1v) is 17.1. The van der Waals surface area contributed by atoms with Gasteiger partial charge >= 0.3 is 0 Å². The quantitative estimate of drug-likeness (QED) is 0.228. The van der Waals surface area contributed by atoms with Crippen LogP contribution in [0.2, 0.25) is 0 Å². The summed E-state index contributed by atoms with van der Waals surface area (Å²) >= 11 is 1.52. The van der Waals surface area contributed by atoms with Crippen molar-refractivity contribution in [2.75, 3.05) is 0 Å². The Balaban J connectivity index is -0.000000218. The zero-order chi connectivity index (χ0) is 34.5. The largest absolute Gasteiger partial charge is 0.276 e. The fraction of sp³-hybridized carbons (Fsp3) is 0.657. The zero-order valence-corrected chi connectivity index (χ0v) is 32.3. The Labute approximate surface area is 271 Å². The van der Waals surface area contributed by atoms with Gasteiger partial charge in [0.25, 0.3) is 0 Å². The molecule has 250 valence electrons. The van der Waals surface area contributed by atoms with Gasteiger partial charge in [0.2, 0.25) is 0 Å². The summed E-state index contributed by atoms with van der Waals surface area (Å²) in [5.41, 5.74) is 5.11. The minimum atomic E-state index is 0.547. The highest BCUT2D eigenvalue weighted by Gasteiger charge is 2.00. The molecule has 0 saturated carbocycles. The summed E-state index contributed by atoms with van der Waals surface area (Å²) in [6.45, 7) is 33.3. The molecule has 0 aliphatic heterocycles. The van der Waals surface area contributed by atoms with E-state index in [9.17, 15) is 0 Å². The van der Waals surface area contributed by atoms with Gasteiger partial charge in [-0.2, -0.15) is 15.3 Å². The molecule has 0 unspecified atom stereocenters. The molecule has 4 rings (SSSR count). The summed E-state index contributed by atoms with van der Waals surface area (Å²) < 4.78 is 9.47. The van der Waals surface area contributed by atoms with E-state index in [1.54, 1.807) is 0 Å². The van der Waals surface area contributed by atoms with Crippen molar-refractivity contribution < 1.29 is 0 Å². The maximum absolute atomic E-state index is 4.23. The van der Waals surface area contributed by atoms with Gasteiger partial charge in [-0.05, 0) is 58.0 Å². The minimum Gasteiger partial charge on any atom is -0.276 e. The lowest BCUT2D eigenvalue weighted by Gasteiger charge is -1.95. The number of nitrogens with zero attached hydrogens (tertiary/aromatic N) is 7. The van der Waals surface area contributed by atoms with Crippen LogP contribution in [0.3, 0.4) is 0 Å². The molecule has 0 amide bonds. The van der Waals surface area contributed by atoms with E-state index in [0.717, 1.165) is 5.69 Å². The topological polar surface area (TPSA) is 66.3 Å². The van der Waals surface area contributed by atoms with Crippen molar-refractivity contribution in [3.8, 4) is 0 Å². The summed E-state index contributed by atoms with van der Waals surface area (Å²) in [5.74, 6) is 2.37. The molecule has 4 aromatic rings. The number of aryl methyl sites for hydroxylation is 3. The van der Waals surface area contributed by atoms with E-state index in [0.29, 0.717) is 23.7 Å². The van der Waals surface area contributed by atoms with Crippen LogP contribution in [-0.2, 0) is 21.1 Å². The molecule has 0 spiro atoms. The van der Waals surface area contributed by atoms with Gasteiger partial charge in [0.05, 0.1) is 18.1 Å². The predicted molar refractivity (Wildman–Crippen MR) is 193 cm³/mol. The van der Waals surface area contributed by atoms with Gasteiger partial charge < -0.3 is 0 Å². The summed E-state index contributed by atoms with van der Waals surface area (Å²) in [7, 11) is 5.81. The number of hydrogen-bond donors (Lipinski definition) is 0. The van der Waals surface area contributed by atoms with Gasteiger partial charge in [-0.15, -0.1) is 0 Å². The van der Waals surface area contributed by atoms with Crippen molar-refractivity contribution in [2.45, 2.75) is 134 Å². The van der Waals surface area contributed by atoms with Gasteiger partial charge in [-0.1, -0.05) is 111 Å². The lowest BCUT2D eigenvalue weighted by molar-refractivity contribution is 0.713. The molecule has 4 heterocycles. The standard InChI is InChI=1S/3C7H12N2.C6H9NS.4C2H6/c2*1-6(2)7-4-8-9(3)5-7;1-6(2)7-4-5-9(3)8-7;1-5(2)6-3-7-8-4-6;4*1-2/h3*4-6H,1-3H3;3-5H,1-2H3;4*1-2H3. The van der Waals surface area contributed by atoms with Crippen LogP contribution in [0.4, 0.5) is 0 Å². The fourth-order valence-corrected chi connectivity index (χ4v) is 3.41. The van der Waals surface area contributed by atoms with Gasteiger partial charge in [-0.25, -0.2) is 4.37 Å². The molecule has 0 N–H and O–H groups in total. The van der Waals surface area contributed by atoms with Crippen molar-refractivity contribution in [2.24, 2.45) is 21.1 Å². The minimum absolute atomic E-state index is 0.547. The van der Waals surface area contributed by atoms with Crippen LogP contribution in [0.5, 0.6) is 0 Å². The Hall–Kier alpha value is -2.74. The van der Waals surface area contributed by atoms with E-state index < -0.39 is 0 Å². The second kappa shape index (κ2) is 30.7. The second-order valence-corrected chi connectivity index (χ2v) is 10.5. The van der Waals surface area contributed by atoms with E-state index in [2.05, 4.69) is 80.4 Å². The molecule has 4 aromatic heterocycles. The monoisotopic (exact) mass is 620 g/mol. The van der Waals surface area contributed by atoms with Crippen molar-refractivity contribution in [1.29, 1.82) is 0 Å². The molecular formula is C35H69N7S. The third-order valence-corrected chi connectivity index (χ3v) is 5.83. The summed E-state index contributed by atoms with van der Waals surface area (Å²) in [5, 5.41) is 14.4. The van der Waals surface area contributed by atoms with E-state index >= 15 is 0 Å². The Kier molecular flexibility index (Phi) is 33.7. The van der Waals surface area contributed by atoms with Crippen molar-refractivity contribution in [3.05, 3.63) is 71.0 Å². The van der Waals surface area contributed by atoms with Crippen LogP contribution in [0.25, 0.3) is 0 Å². The Bertz CT molecular complexity index is 951. The second-order valence-electron chi connectivity index (χ2n) is 9.89. The first kappa shape index (κ1) is 47.2. The average molecular weight is 620 g/mol. The molecule has 0 radical (unpaired) electrons. The molecule has 0 saturated heterocycles. The molecule has 0 aromatic carbocycles. The first-order valence-electron chi connectivity index (χ1n) is 16.3. The van der Waals surface area contributed by atoms with E-state index in [1.807, 2.05) is 134 Å². The lowest BCUT2D eigenvalue weighted by atomic mass is 10.1. The first-order chi connectivity index (χ1) is 20.4. The van der Waals surface area contributed by atoms with Crippen molar-refractivity contribution >= 4 is 11.5 Å².